The third-order valence-corrected chi connectivity index (χ3v) is 4.90. The molecule has 0 aliphatic rings. The van der Waals surface area contributed by atoms with Gasteiger partial charge in [-0.05, 0) is 42.3 Å². The van der Waals surface area contributed by atoms with E-state index in [1.165, 1.54) is 13.3 Å². The van der Waals surface area contributed by atoms with Crippen molar-refractivity contribution in [3.63, 3.8) is 0 Å². The van der Waals surface area contributed by atoms with Crippen molar-refractivity contribution in [2.75, 3.05) is 24.2 Å². The number of rotatable bonds is 7. The summed E-state index contributed by atoms with van der Waals surface area (Å²) >= 11 is 5.88. The van der Waals surface area contributed by atoms with E-state index in [0.29, 0.717) is 16.3 Å². The number of methoxy groups -OCH3 is 1. The van der Waals surface area contributed by atoms with Gasteiger partial charge in [-0.25, -0.2) is 13.8 Å². The van der Waals surface area contributed by atoms with E-state index in [0.717, 1.165) is 16.1 Å². The Hall–Kier alpha value is -2.58. The molecule has 0 saturated heterocycles. The van der Waals surface area contributed by atoms with Crippen LogP contribution >= 0.6 is 11.6 Å². The third kappa shape index (κ3) is 5.97. The Morgan fingerprint density at radius 2 is 2.04 bits per heavy atom. The molecule has 0 aliphatic carbocycles. The molecule has 1 amide bonds. The molecule has 0 bridgehead atoms. The van der Waals surface area contributed by atoms with Crippen LogP contribution < -0.4 is 14.5 Å². The first-order valence-corrected chi connectivity index (χ1v) is 10.1. The van der Waals surface area contributed by atoms with E-state index in [-0.39, 0.29) is 5.69 Å². The number of hydrogen-bond acceptors (Lipinski definition) is 5. The first-order chi connectivity index (χ1) is 12.7. The first-order valence-electron chi connectivity index (χ1n) is 7.90. The maximum Gasteiger partial charge on any atom is 0.260 e. The summed E-state index contributed by atoms with van der Waals surface area (Å²) in [6, 6.07) is 12.0. The average Bonchev–Trinajstić information content (AvgIpc) is 2.59. The molecule has 2 aromatic carbocycles. The number of halogens is 1. The van der Waals surface area contributed by atoms with Gasteiger partial charge < -0.3 is 4.74 Å². The van der Waals surface area contributed by atoms with Crippen LogP contribution in [0.3, 0.4) is 0 Å². The van der Waals surface area contributed by atoms with E-state index < -0.39 is 22.5 Å². The number of hydrogen-bond donors (Lipinski definition) is 1. The zero-order valence-corrected chi connectivity index (χ0v) is 16.7. The Kier molecular flexibility index (Phi) is 6.81. The maximum atomic E-state index is 12.2. The minimum atomic E-state index is -3.72. The summed E-state index contributed by atoms with van der Waals surface area (Å²) in [5.74, 6) is -0.247. The van der Waals surface area contributed by atoms with Crippen molar-refractivity contribution in [2.45, 2.75) is 6.92 Å². The van der Waals surface area contributed by atoms with Crippen LogP contribution in [0.2, 0.25) is 5.02 Å². The number of amides is 1. The summed E-state index contributed by atoms with van der Waals surface area (Å²) in [5.41, 5.74) is 4.13. The van der Waals surface area contributed by atoms with Crippen molar-refractivity contribution in [1.82, 2.24) is 5.43 Å². The van der Waals surface area contributed by atoms with Crippen LogP contribution in [0.4, 0.5) is 5.69 Å². The third-order valence-electron chi connectivity index (χ3n) is 3.54. The Morgan fingerprint density at radius 3 is 2.67 bits per heavy atom. The second-order valence-electron chi connectivity index (χ2n) is 5.79. The van der Waals surface area contributed by atoms with Gasteiger partial charge in [0.15, 0.2) is 0 Å². The highest BCUT2D eigenvalue weighted by Crippen LogP contribution is 2.30. The fourth-order valence-corrected chi connectivity index (χ4v) is 3.36. The summed E-state index contributed by atoms with van der Waals surface area (Å²) in [6.45, 7) is 1.38. The Morgan fingerprint density at radius 1 is 1.30 bits per heavy atom. The maximum absolute atomic E-state index is 12.2. The molecule has 9 heteroatoms. The Balaban J connectivity index is 2.17. The number of aryl methyl sites for hydroxylation is 1. The smallest absolute Gasteiger partial charge is 0.260 e. The van der Waals surface area contributed by atoms with Gasteiger partial charge in [0.25, 0.3) is 5.91 Å². The van der Waals surface area contributed by atoms with E-state index in [2.05, 4.69) is 10.5 Å². The summed E-state index contributed by atoms with van der Waals surface area (Å²) in [4.78, 5) is 12.2. The van der Waals surface area contributed by atoms with Gasteiger partial charge in [-0.2, -0.15) is 5.10 Å². The monoisotopic (exact) mass is 409 g/mol. The lowest BCUT2D eigenvalue weighted by Gasteiger charge is -2.23. The van der Waals surface area contributed by atoms with E-state index in [1.807, 2.05) is 6.92 Å². The predicted molar refractivity (Wildman–Crippen MR) is 107 cm³/mol. The molecule has 0 atom stereocenters. The van der Waals surface area contributed by atoms with E-state index in [9.17, 15) is 13.2 Å². The van der Waals surface area contributed by atoms with Crippen LogP contribution in [0.1, 0.15) is 11.1 Å². The number of anilines is 1. The number of sulfonamides is 1. The summed E-state index contributed by atoms with van der Waals surface area (Å²) < 4.78 is 30.6. The highest BCUT2D eigenvalue weighted by atomic mass is 35.5. The molecule has 0 aliphatic heterocycles. The van der Waals surface area contributed by atoms with E-state index in [1.54, 1.807) is 42.5 Å². The number of benzene rings is 2. The topological polar surface area (TPSA) is 88.1 Å². The highest BCUT2D eigenvalue weighted by Gasteiger charge is 2.24. The second-order valence-corrected chi connectivity index (χ2v) is 8.14. The van der Waals surface area contributed by atoms with Crippen LogP contribution in [-0.4, -0.2) is 40.4 Å². The van der Waals surface area contributed by atoms with Crippen LogP contribution in [0.15, 0.2) is 47.6 Å². The summed E-state index contributed by atoms with van der Waals surface area (Å²) in [7, 11) is -2.29. The first kappa shape index (κ1) is 20.7. The van der Waals surface area contributed by atoms with Crippen molar-refractivity contribution < 1.29 is 17.9 Å². The molecule has 0 radical (unpaired) electrons. The molecule has 0 aromatic heterocycles. The van der Waals surface area contributed by atoms with Gasteiger partial charge in [0.05, 0.1) is 25.3 Å². The van der Waals surface area contributed by atoms with Gasteiger partial charge in [-0.3, -0.25) is 9.10 Å². The zero-order chi connectivity index (χ0) is 20.0. The number of nitrogens with zero attached hydrogens (tertiary/aromatic N) is 2. The zero-order valence-electron chi connectivity index (χ0n) is 15.1. The molecule has 2 aromatic rings. The molecule has 7 nitrogen and oxygen atoms in total. The van der Waals surface area contributed by atoms with Crippen LogP contribution in [0, 0.1) is 6.92 Å². The summed E-state index contributed by atoms with van der Waals surface area (Å²) in [6.07, 6.45) is 2.44. The Bertz CT molecular complexity index is 961. The quantitative estimate of drug-likeness (QED) is 0.562. The van der Waals surface area contributed by atoms with Crippen LogP contribution in [0.5, 0.6) is 5.75 Å². The molecule has 0 unspecified atom stereocenters. The number of carbonyl (C=O) groups is 1. The highest BCUT2D eigenvalue weighted by molar-refractivity contribution is 7.92. The molecule has 2 rings (SSSR count). The molecule has 0 fully saturated rings. The van der Waals surface area contributed by atoms with E-state index in [4.69, 9.17) is 16.3 Å². The van der Waals surface area contributed by atoms with Crippen molar-refractivity contribution in [2.24, 2.45) is 5.10 Å². The molecule has 27 heavy (non-hydrogen) atoms. The normalized spacial score (nSPS) is 11.4. The molecule has 144 valence electrons. The average molecular weight is 410 g/mol. The molecule has 1 N–H and O–H groups in total. The van der Waals surface area contributed by atoms with Gasteiger partial charge in [0.1, 0.15) is 12.3 Å². The minimum Gasteiger partial charge on any atom is -0.495 e. The van der Waals surface area contributed by atoms with Gasteiger partial charge >= 0.3 is 0 Å². The largest absolute Gasteiger partial charge is 0.495 e. The van der Waals surface area contributed by atoms with Gasteiger partial charge in [-0.15, -0.1) is 0 Å². The molecule has 0 saturated carbocycles. The number of hydrazone groups is 1. The number of ether oxygens (including phenoxy) is 1. The van der Waals surface area contributed by atoms with Crippen molar-refractivity contribution in [3.8, 4) is 5.75 Å². The lowest BCUT2D eigenvalue weighted by atomic mass is 10.2. The molecular formula is C18H20ClN3O4S. The minimum absolute atomic E-state index is 0.286. The lowest BCUT2D eigenvalue weighted by molar-refractivity contribution is -0.119. The van der Waals surface area contributed by atoms with Crippen molar-refractivity contribution in [1.29, 1.82) is 0 Å². The fourth-order valence-electron chi connectivity index (χ4n) is 2.31. The second kappa shape index (κ2) is 8.88. The molecule has 0 heterocycles. The van der Waals surface area contributed by atoms with Crippen LogP contribution in [-0.2, 0) is 14.8 Å². The molecular weight excluding hydrogens is 390 g/mol. The number of carbonyl (C=O) groups excluding carboxylic acids is 1. The van der Waals surface area contributed by atoms with Gasteiger partial charge in [-0.1, -0.05) is 29.8 Å². The Labute approximate surface area is 163 Å². The van der Waals surface area contributed by atoms with Crippen molar-refractivity contribution in [3.05, 3.63) is 58.6 Å². The van der Waals surface area contributed by atoms with Gasteiger partial charge in [0, 0.05) is 5.02 Å². The van der Waals surface area contributed by atoms with Crippen molar-refractivity contribution >= 4 is 39.4 Å². The van der Waals surface area contributed by atoms with Gasteiger partial charge in [0.2, 0.25) is 10.0 Å². The summed E-state index contributed by atoms with van der Waals surface area (Å²) in [5, 5.41) is 4.38. The molecule has 0 spiro atoms. The fraction of sp³-hybridized carbons (Fsp3) is 0.222. The standard InChI is InChI=1S/C18H20ClN3O4S/c1-13-7-8-17(26-2)16(9-13)22(27(3,24)25)12-18(23)21-20-11-14-5-4-6-15(19)10-14/h4-11H,12H2,1-3H3,(H,21,23)/b20-11-. The SMILES string of the molecule is COc1ccc(C)cc1N(CC(=O)N/N=C\c1cccc(Cl)c1)S(C)(=O)=O. The van der Waals surface area contributed by atoms with E-state index >= 15 is 0 Å². The predicted octanol–water partition coefficient (Wildman–Crippen LogP) is 2.57. The number of nitrogens with one attached hydrogen (secondary N) is 1. The lowest BCUT2D eigenvalue weighted by Crippen LogP contribution is -2.39. The van der Waals surface area contributed by atoms with Crippen LogP contribution in [0.25, 0.3) is 0 Å².